The predicted octanol–water partition coefficient (Wildman–Crippen LogP) is 6.43. The SMILES string of the molecule is COc1ccc(C(OC[C@@H]2C[C@@H](O[P+](=O)O)[C@H](n3cnc4c(NC(=O)c5ccccc5)ncnc43)O2)(c2ccccc2)c2ccc(OC)cc2)cc1. The second kappa shape index (κ2) is 15.4. The molecular formula is C38H35N5O8P+. The van der Waals surface area contributed by atoms with Crippen LogP contribution in [0, 0.1) is 0 Å². The Morgan fingerprint density at radius 1 is 0.865 bits per heavy atom. The molecule has 1 saturated heterocycles. The van der Waals surface area contributed by atoms with Gasteiger partial charge in [-0.1, -0.05) is 72.8 Å². The van der Waals surface area contributed by atoms with Crippen molar-refractivity contribution < 1.29 is 37.7 Å². The van der Waals surface area contributed by atoms with Crippen molar-refractivity contribution in [3.63, 3.8) is 0 Å². The molecular weight excluding hydrogens is 685 g/mol. The molecule has 264 valence electrons. The molecule has 0 saturated carbocycles. The Kier molecular flexibility index (Phi) is 10.3. The van der Waals surface area contributed by atoms with Gasteiger partial charge in [0.1, 0.15) is 23.4 Å². The number of fused-ring (bicyclic) bond motifs is 1. The van der Waals surface area contributed by atoms with E-state index in [1.54, 1.807) is 43.1 Å². The number of carbonyl (C=O) groups is 1. The molecule has 1 fully saturated rings. The summed E-state index contributed by atoms with van der Waals surface area (Å²) in [5.74, 6) is 1.23. The molecule has 3 heterocycles. The molecule has 13 nitrogen and oxygen atoms in total. The maximum absolute atomic E-state index is 12.9. The number of benzene rings is 4. The number of ether oxygens (including phenoxy) is 4. The number of rotatable bonds is 13. The van der Waals surface area contributed by atoms with Crippen LogP contribution >= 0.6 is 8.25 Å². The number of amides is 1. The number of aromatic nitrogens is 4. The van der Waals surface area contributed by atoms with Crippen molar-refractivity contribution in [3.8, 4) is 11.5 Å². The van der Waals surface area contributed by atoms with Gasteiger partial charge in [-0.15, -0.1) is 9.42 Å². The van der Waals surface area contributed by atoms with E-state index in [2.05, 4.69) is 20.3 Å². The Hall–Kier alpha value is -5.56. The van der Waals surface area contributed by atoms with E-state index in [-0.39, 0.29) is 24.8 Å². The van der Waals surface area contributed by atoms with E-state index in [1.165, 1.54) is 12.7 Å². The van der Waals surface area contributed by atoms with Crippen molar-refractivity contribution in [2.45, 2.75) is 30.5 Å². The first-order valence-corrected chi connectivity index (χ1v) is 17.5. The summed E-state index contributed by atoms with van der Waals surface area (Å²) >= 11 is 0. The monoisotopic (exact) mass is 720 g/mol. The van der Waals surface area contributed by atoms with Gasteiger partial charge >= 0.3 is 8.25 Å². The third-order valence-electron chi connectivity index (χ3n) is 8.93. The van der Waals surface area contributed by atoms with E-state index in [4.69, 9.17) is 23.5 Å². The van der Waals surface area contributed by atoms with Crippen LogP contribution in [0.25, 0.3) is 11.2 Å². The van der Waals surface area contributed by atoms with E-state index in [0.29, 0.717) is 28.2 Å². The van der Waals surface area contributed by atoms with Crippen molar-refractivity contribution in [2.75, 3.05) is 26.1 Å². The average molecular weight is 721 g/mol. The zero-order chi connectivity index (χ0) is 36.1. The molecule has 1 unspecified atom stereocenters. The van der Waals surface area contributed by atoms with Crippen molar-refractivity contribution in [1.29, 1.82) is 0 Å². The molecule has 1 aliphatic rings. The quantitative estimate of drug-likeness (QED) is 0.100. The lowest BCUT2D eigenvalue weighted by atomic mass is 9.80. The minimum atomic E-state index is -2.99. The van der Waals surface area contributed by atoms with Crippen LogP contribution in [0.4, 0.5) is 5.82 Å². The average Bonchev–Trinajstić information content (AvgIpc) is 3.80. The molecule has 0 bridgehead atoms. The summed E-state index contributed by atoms with van der Waals surface area (Å²) in [6.07, 6.45) is 0.619. The van der Waals surface area contributed by atoms with E-state index in [9.17, 15) is 14.3 Å². The van der Waals surface area contributed by atoms with E-state index < -0.39 is 32.3 Å². The fraction of sp³-hybridized carbons (Fsp3) is 0.211. The van der Waals surface area contributed by atoms with Crippen LogP contribution in [0.2, 0.25) is 0 Å². The van der Waals surface area contributed by atoms with Gasteiger partial charge in [-0.2, -0.15) is 0 Å². The number of hydrogen-bond donors (Lipinski definition) is 2. The first-order valence-electron chi connectivity index (χ1n) is 16.4. The molecule has 6 aromatic rings. The Labute approximate surface area is 300 Å². The Bertz CT molecular complexity index is 2100. The fourth-order valence-electron chi connectivity index (χ4n) is 6.47. The zero-order valence-corrected chi connectivity index (χ0v) is 29.1. The summed E-state index contributed by atoms with van der Waals surface area (Å²) in [4.78, 5) is 35.9. The highest BCUT2D eigenvalue weighted by atomic mass is 31.1. The maximum Gasteiger partial charge on any atom is 0.695 e. The molecule has 4 aromatic carbocycles. The second-order valence-electron chi connectivity index (χ2n) is 11.9. The topological polar surface area (TPSA) is 156 Å². The molecule has 1 aliphatic heterocycles. The normalized spacial score (nSPS) is 17.5. The van der Waals surface area contributed by atoms with E-state index in [0.717, 1.165) is 16.7 Å². The fourth-order valence-corrected chi connectivity index (χ4v) is 6.89. The van der Waals surface area contributed by atoms with Crippen molar-refractivity contribution >= 4 is 31.1 Å². The molecule has 52 heavy (non-hydrogen) atoms. The zero-order valence-electron chi connectivity index (χ0n) is 28.2. The molecule has 0 spiro atoms. The van der Waals surface area contributed by atoms with Crippen LogP contribution in [-0.4, -0.2) is 63.4 Å². The molecule has 4 atom stereocenters. The molecule has 2 N–H and O–H groups in total. The molecule has 7 rings (SSSR count). The Morgan fingerprint density at radius 3 is 2.06 bits per heavy atom. The van der Waals surface area contributed by atoms with Crippen LogP contribution in [0.15, 0.2) is 122 Å². The molecule has 1 amide bonds. The van der Waals surface area contributed by atoms with Crippen LogP contribution in [0.1, 0.15) is 39.7 Å². The minimum absolute atomic E-state index is 0.0610. The number of methoxy groups -OCH3 is 2. The van der Waals surface area contributed by atoms with Crippen molar-refractivity contribution in [2.24, 2.45) is 0 Å². The largest absolute Gasteiger partial charge is 0.695 e. The summed E-state index contributed by atoms with van der Waals surface area (Å²) in [5.41, 5.74) is 2.53. The molecule has 0 radical (unpaired) electrons. The summed E-state index contributed by atoms with van der Waals surface area (Å²) in [6.45, 7) is 0.0610. The van der Waals surface area contributed by atoms with Crippen molar-refractivity contribution in [1.82, 2.24) is 19.5 Å². The van der Waals surface area contributed by atoms with Gasteiger partial charge in [0, 0.05) is 16.5 Å². The number of nitrogens with zero attached hydrogens (tertiary/aromatic N) is 4. The van der Waals surface area contributed by atoms with Gasteiger partial charge in [0.05, 0.1) is 33.3 Å². The third kappa shape index (κ3) is 7.00. The maximum atomic E-state index is 12.9. The minimum Gasteiger partial charge on any atom is -0.497 e. The molecule has 2 aromatic heterocycles. The second-order valence-corrected chi connectivity index (χ2v) is 12.6. The van der Waals surface area contributed by atoms with Gasteiger partial charge in [-0.05, 0) is 53.1 Å². The van der Waals surface area contributed by atoms with Gasteiger partial charge in [0.15, 0.2) is 29.3 Å². The van der Waals surface area contributed by atoms with Gasteiger partial charge in [0.25, 0.3) is 5.91 Å². The first-order chi connectivity index (χ1) is 25.4. The summed E-state index contributed by atoms with van der Waals surface area (Å²) < 4.78 is 43.7. The number of nitrogens with one attached hydrogen (secondary N) is 1. The number of carbonyl (C=O) groups excluding carboxylic acids is 1. The lowest BCUT2D eigenvalue weighted by molar-refractivity contribution is -0.0834. The lowest BCUT2D eigenvalue weighted by Crippen LogP contribution is -2.35. The van der Waals surface area contributed by atoms with Gasteiger partial charge < -0.3 is 24.3 Å². The van der Waals surface area contributed by atoms with Crippen LogP contribution in [-0.2, 0) is 24.2 Å². The smallest absolute Gasteiger partial charge is 0.497 e. The predicted molar refractivity (Wildman–Crippen MR) is 191 cm³/mol. The Morgan fingerprint density at radius 2 is 1.46 bits per heavy atom. The molecule has 0 aliphatic carbocycles. The summed E-state index contributed by atoms with van der Waals surface area (Å²) in [6, 6.07) is 33.9. The first kappa shape index (κ1) is 34.9. The van der Waals surface area contributed by atoms with Crippen LogP contribution in [0.5, 0.6) is 11.5 Å². The number of hydrogen-bond acceptors (Lipinski definition) is 10. The highest BCUT2D eigenvalue weighted by molar-refractivity contribution is 7.32. The summed E-state index contributed by atoms with van der Waals surface area (Å²) in [7, 11) is 0.240. The Balaban J connectivity index is 1.22. The number of anilines is 1. The van der Waals surface area contributed by atoms with E-state index in [1.807, 2.05) is 84.9 Å². The number of imidazole rings is 1. The highest BCUT2D eigenvalue weighted by Gasteiger charge is 2.46. The van der Waals surface area contributed by atoms with Gasteiger partial charge in [-0.3, -0.25) is 9.36 Å². The summed E-state index contributed by atoms with van der Waals surface area (Å²) in [5, 5.41) is 2.79. The van der Waals surface area contributed by atoms with Gasteiger partial charge in [0.2, 0.25) is 0 Å². The van der Waals surface area contributed by atoms with Crippen molar-refractivity contribution in [3.05, 3.63) is 144 Å². The van der Waals surface area contributed by atoms with E-state index >= 15 is 0 Å². The lowest BCUT2D eigenvalue weighted by Gasteiger charge is -2.37. The third-order valence-corrected chi connectivity index (χ3v) is 9.38. The highest BCUT2D eigenvalue weighted by Crippen LogP contribution is 2.44. The molecule has 14 heteroatoms. The van der Waals surface area contributed by atoms with Crippen LogP contribution < -0.4 is 14.8 Å². The van der Waals surface area contributed by atoms with Gasteiger partial charge in [-0.25, -0.2) is 15.0 Å². The van der Waals surface area contributed by atoms with Crippen LogP contribution in [0.3, 0.4) is 0 Å². The standard InChI is InChI=1S/C38H34N5O8P/c1-47-29-17-13-27(14-18-29)38(26-11-7-4-8-12-26,28-15-19-30(48-2)20-16-28)49-22-31-21-32(51-52(45)46)37(50-31)43-24-41-33-34(39-23-40-35(33)43)42-36(44)25-9-5-3-6-10-25/h3-20,23-24,31-32,37H,21-22H2,1-2H3,(H-,39,40,42,44,45,46)/p+1/t31-,32+,37+/m0/s1.